The van der Waals surface area contributed by atoms with Gasteiger partial charge in [0, 0.05) is 31.0 Å². The molecule has 22 heavy (non-hydrogen) atoms. The molecule has 2 heterocycles. The first-order valence-corrected chi connectivity index (χ1v) is 7.44. The normalized spacial score (nSPS) is 21.5. The Kier molecular flexibility index (Phi) is 4.00. The van der Waals surface area contributed by atoms with E-state index in [0.29, 0.717) is 18.7 Å². The zero-order valence-electron chi connectivity index (χ0n) is 12.9. The molecule has 3 rings (SSSR count). The van der Waals surface area contributed by atoms with Gasteiger partial charge in [0.15, 0.2) is 0 Å². The maximum Gasteiger partial charge on any atom is 0.256 e. The van der Waals surface area contributed by atoms with Crippen molar-refractivity contribution >= 4 is 5.91 Å². The smallest absolute Gasteiger partial charge is 0.256 e. The first-order valence-electron chi connectivity index (χ1n) is 7.44. The number of β-amino-alcohol motifs (C(OH)–C–C–N with tert-alkyl or cyclic N) is 1. The van der Waals surface area contributed by atoms with Crippen molar-refractivity contribution < 1.29 is 9.90 Å². The summed E-state index contributed by atoms with van der Waals surface area (Å²) in [4.78, 5) is 19.5. The van der Waals surface area contributed by atoms with Crippen LogP contribution in [0.2, 0.25) is 0 Å². The molecule has 5 heteroatoms. The number of aromatic amines is 1. The molecule has 1 aliphatic heterocycles. The second kappa shape index (κ2) is 5.94. The van der Waals surface area contributed by atoms with E-state index >= 15 is 0 Å². The molecule has 0 bridgehead atoms. The third kappa shape index (κ3) is 2.65. The van der Waals surface area contributed by atoms with Crippen LogP contribution in [0, 0.1) is 0 Å². The predicted molar refractivity (Wildman–Crippen MR) is 85.6 cm³/mol. The summed E-state index contributed by atoms with van der Waals surface area (Å²) in [5.41, 5.74) is 2.56. The largest absolute Gasteiger partial charge is 0.390 e. The van der Waals surface area contributed by atoms with Crippen LogP contribution in [0.5, 0.6) is 0 Å². The summed E-state index contributed by atoms with van der Waals surface area (Å²) in [6.45, 7) is 0.924. The quantitative estimate of drug-likeness (QED) is 0.901. The fourth-order valence-corrected chi connectivity index (χ4v) is 3.01. The lowest BCUT2D eigenvalue weighted by molar-refractivity contribution is 0.0765. The molecule has 0 aliphatic carbocycles. The van der Waals surface area contributed by atoms with Crippen LogP contribution in [0.1, 0.15) is 10.4 Å². The molecule has 0 spiro atoms. The van der Waals surface area contributed by atoms with Crippen molar-refractivity contribution in [3.63, 3.8) is 0 Å². The van der Waals surface area contributed by atoms with Crippen molar-refractivity contribution in [1.29, 1.82) is 0 Å². The number of nitrogens with one attached hydrogen (secondary N) is 1. The lowest BCUT2D eigenvalue weighted by Gasteiger charge is -2.21. The van der Waals surface area contributed by atoms with Crippen LogP contribution in [-0.4, -0.2) is 65.1 Å². The molecule has 0 unspecified atom stereocenters. The molecule has 1 aromatic heterocycles. The van der Waals surface area contributed by atoms with E-state index in [1.54, 1.807) is 11.1 Å². The maximum absolute atomic E-state index is 12.8. The van der Waals surface area contributed by atoms with Crippen molar-refractivity contribution in [2.24, 2.45) is 0 Å². The average molecular weight is 299 g/mol. The van der Waals surface area contributed by atoms with Gasteiger partial charge in [0.05, 0.1) is 17.7 Å². The summed E-state index contributed by atoms with van der Waals surface area (Å²) in [6, 6.07) is 9.83. The lowest BCUT2D eigenvalue weighted by atomic mass is 10.0. The second-order valence-electron chi connectivity index (χ2n) is 5.96. The van der Waals surface area contributed by atoms with E-state index in [4.69, 9.17) is 0 Å². The van der Waals surface area contributed by atoms with Gasteiger partial charge in [0.1, 0.15) is 0 Å². The molecule has 1 fully saturated rings. The molecular weight excluding hydrogens is 278 g/mol. The van der Waals surface area contributed by atoms with Crippen molar-refractivity contribution in [1.82, 2.24) is 14.8 Å². The minimum Gasteiger partial charge on any atom is -0.390 e. The number of carbonyl (C=O) groups is 1. The number of carbonyl (C=O) groups excluding carboxylic acids is 1. The zero-order chi connectivity index (χ0) is 15.7. The molecule has 1 aromatic carbocycles. The van der Waals surface area contributed by atoms with Crippen LogP contribution >= 0.6 is 0 Å². The fraction of sp³-hybridized carbons (Fsp3) is 0.353. The number of likely N-dealkylation sites (tertiary alicyclic amines) is 1. The first-order chi connectivity index (χ1) is 10.6. The van der Waals surface area contributed by atoms with E-state index in [2.05, 4.69) is 4.98 Å². The van der Waals surface area contributed by atoms with Gasteiger partial charge in [0.25, 0.3) is 5.91 Å². The Balaban J connectivity index is 1.84. The third-order valence-corrected chi connectivity index (χ3v) is 4.27. The highest BCUT2D eigenvalue weighted by Crippen LogP contribution is 2.26. The molecule has 2 N–H and O–H groups in total. The van der Waals surface area contributed by atoms with E-state index in [0.717, 1.165) is 11.1 Å². The van der Waals surface area contributed by atoms with Gasteiger partial charge in [-0.05, 0) is 19.7 Å². The van der Waals surface area contributed by atoms with Gasteiger partial charge in [-0.3, -0.25) is 4.79 Å². The molecular formula is C17H21N3O2. The Morgan fingerprint density at radius 2 is 1.95 bits per heavy atom. The SMILES string of the molecule is CN(C)[C@H]1CN(C(=O)c2c[nH]cc2-c2ccccc2)C[C@@H]1O. The minimum atomic E-state index is -0.502. The molecule has 2 atom stereocenters. The van der Waals surface area contributed by atoms with Crippen LogP contribution in [-0.2, 0) is 0 Å². The number of aromatic nitrogens is 1. The van der Waals surface area contributed by atoms with Gasteiger partial charge in [-0.25, -0.2) is 0 Å². The number of nitrogens with zero attached hydrogens (tertiary/aromatic N) is 2. The summed E-state index contributed by atoms with van der Waals surface area (Å²) in [7, 11) is 3.85. The van der Waals surface area contributed by atoms with E-state index in [1.807, 2.05) is 55.5 Å². The third-order valence-electron chi connectivity index (χ3n) is 4.27. The van der Waals surface area contributed by atoms with Gasteiger partial charge in [0.2, 0.25) is 0 Å². The molecule has 116 valence electrons. The van der Waals surface area contributed by atoms with Crippen molar-refractivity contribution in [3.05, 3.63) is 48.3 Å². The summed E-state index contributed by atoms with van der Waals surface area (Å²) >= 11 is 0. The number of amides is 1. The molecule has 1 saturated heterocycles. The zero-order valence-corrected chi connectivity index (χ0v) is 12.9. The summed E-state index contributed by atoms with van der Waals surface area (Å²) in [6.07, 6.45) is 3.08. The minimum absolute atomic E-state index is 0.0110. The van der Waals surface area contributed by atoms with E-state index in [1.165, 1.54) is 0 Å². The number of hydrogen-bond donors (Lipinski definition) is 2. The highest BCUT2D eigenvalue weighted by Gasteiger charge is 2.36. The molecule has 1 amide bonds. The van der Waals surface area contributed by atoms with Gasteiger partial charge in [-0.2, -0.15) is 0 Å². The maximum atomic E-state index is 12.8. The van der Waals surface area contributed by atoms with Crippen molar-refractivity contribution in [3.8, 4) is 11.1 Å². The molecule has 2 aromatic rings. The highest BCUT2D eigenvalue weighted by atomic mass is 16.3. The lowest BCUT2D eigenvalue weighted by Crippen LogP contribution is -2.38. The van der Waals surface area contributed by atoms with E-state index in [-0.39, 0.29) is 11.9 Å². The number of benzene rings is 1. The molecule has 0 radical (unpaired) electrons. The van der Waals surface area contributed by atoms with E-state index in [9.17, 15) is 9.90 Å². The van der Waals surface area contributed by atoms with Crippen molar-refractivity contribution in [2.75, 3.05) is 27.2 Å². The molecule has 0 saturated carbocycles. The van der Waals surface area contributed by atoms with Gasteiger partial charge < -0.3 is 19.9 Å². The van der Waals surface area contributed by atoms with E-state index < -0.39 is 6.10 Å². The Morgan fingerprint density at radius 1 is 1.23 bits per heavy atom. The summed E-state index contributed by atoms with van der Waals surface area (Å²) in [5.74, 6) is -0.0384. The number of hydrogen-bond acceptors (Lipinski definition) is 3. The van der Waals surface area contributed by atoms with Crippen LogP contribution in [0.15, 0.2) is 42.7 Å². The Hall–Kier alpha value is -2.11. The summed E-state index contributed by atoms with van der Waals surface area (Å²) < 4.78 is 0. The Labute approximate surface area is 130 Å². The second-order valence-corrected chi connectivity index (χ2v) is 5.96. The first kappa shape index (κ1) is 14.8. The fourth-order valence-electron chi connectivity index (χ4n) is 3.01. The number of aliphatic hydroxyl groups is 1. The van der Waals surface area contributed by atoms with Gasteiger partial charge in [-0.15, -0.1) is 0 Å². The standard InChI is InChI=1S/C17H21N3O2/c1-19(2)15-10-20(11-16(15)21)17(22)14-9-18-8-13(14)12-6-4-3-5-7-12/h3-9,15-16,18,21H,10-11H2,1-2H3/t15-,16-/m0/s1. The predicted octanol–water partition coefficient (Wildman–Crippen LogP) is 1.43. The number of H-pyrrole nitrogens is 1. The number of rotatable bonds is 3. The molecule has 1 aliphatic rings. The van der Waals surface area contributed by atoms with Crippen LogP contribution < -0.4 is 0 Å². The van der Waals surface area contributed by atoms with Gasteiger partial charge >= 0.3 is 0 Å². The van der Waals surface area contributed by atoms with Crippen molar-refractivity contribution in [2.45, 2.75) is 12.1 Å². The Bertz CT molecular complexity index is 651. The average Bonchev–Trinajstić information content (AvgIpc) is 3.14. The number of aliphatic hydroxyl groups excluding tert-OH is 1. The van der Waals surface area contributed by atoms with Gasteiger partial charge in [-0.1, -0.05) is 30.3 Å². The van der Waals surface area contributed by atoms with Crippen LogP contribution in [0.25, 0.3) is 11.1 Å². The monoisotopic (exact) mass is 299 g/mol. The van der Waals surface area contributed by atoms with Crippen LogP contribution in [0.3, 0.4) is 0 Å². The Morgan fingerprint density at radius 3 is 2.59 bits per heavy atom. The highest BCUT2D eigenvalue weighted by molar-refractivity contribution is 6.01. The summed E-state index contributed by atoms with van der Waals surface area (Å²) in [5, 5.41) is 10.1. The van der Waals surface area contributed by atoms with Crippen LogP contribution in [0.4, 0.5) is 0 Å². The number of likely N-dealkylation sites (N-methyl/N-ethyl adjacent to an activating group) is 1. The molecule has 5 nitrogen and oxygen atoms in total. The topological polar surface area (TPSA) is 59.6 Å².